The molecule has 2 amide bonds. The van der Waals surface area contributed by atoms with Gasteiger partial charge in [0.25, 0.3) is 11.8 Å². The molecule has 0 saturated carbocycles. The minimum absolute atomic E-state index is 0.307. The summed E-state index contributed by atoms with van der Waals surface area (Å²) in [6.07, 6.45) is 0. The van der Waals surface area contributed by atoms with E-state index in [0.717, 1.165) is 5.69 Å². The Kier molecular flexibility index (Phi) is 5.28. The highest BCUT2D eigenvalue weighted by Crippen LogP contribution is 2.21. The average Bonchev–Trinajstić information content (AvgIpc) is 3.06. The number of nitrogens with zero attached hydrogens (tertiary/aromatic N) is 1. The number of benzene rings is 2. The Labute approximate surface area is 154 Å². The number of hydrogen-bond donors (Lipinski definition) is 2. The molecule has 3 rings (SSSR count). The molecule has 0 atom stereocenters. The van der Waals surface area contributed by atoms with Crippen LogP contribution in [-0.2, 0) is 0 Å². The fourth-order valence-corrected chi connectivity index (χ4v) is 2.99. The minimum Gasteiger partial charge on any atom is -0.497 e. The average molecular weight is 367 g/mol. The number of nitrogens with one attached hydrogen (secondary N) is 2. The molecule has 0 spiro atoms. The van der Waals surface area contributed by atoms with Gasteiger partial charge < -0.3 is 10.1 Å². The second-order valence-corrected chi connectivity index (χ2v) is 6.33. The van der Waals surface area contributed by atoms with Gasteiger partial charge in [-0.05, 0) is 43.3 Å². The van der Waals surface area contributed by atoms with Crippen LogP contribution >= 0.6 is 11.3 Å². The summed E-state index contributed by atoms with van der Waals surface area (Å²) in [5.74, 6) is 0.0306. The molecule has 0 aliphatic rings. The molecule has 0 aliphatic carbocycles. The normalized spacial score (nSPS) is 10.2. The number of thiazole rings is 1. The zero-order valence-corrected chi connectivity index (χ0v) is 15.1. The molecular formula is C19H17N3O3S. The van der Waals surface area contributed by atoms with Crippen molar-refractivity contribution in [1.82, 2.24) is 4.98 Å². The van der Waals surface area contributed by atoms with Gasteiger partial charge in [0.05, 0.1) is 24.1 Å². The number of hydrogen-bond acceptors (Lipinski definition) is 5. The highest BCUT2D eigenvalue weighted by Gasteiger charge is 2.15. The van der Waals surface area contributed by atoms with E-state index in [1.54, 1.807) is 55.6 Å². The maximum absolute atomic E-state index is 12.5. The summed E-state index contributed by atoms with van der Waals surface area (Å²) < 4.78 is 5.09. The molecule has 0 radical (unpaired) electrons. The Hall–Kier alpha value is -3.19. The molecule has 7 heteroatoms. The van der Waals surface area contributed by atoms with E-state index in [4.69, 9.17) is 4.74 Å². The number of rotatable bonds is 5. The van der Waals surface area contributed by atoms with Gasteiger partial charge in [-0.15, -0.1) is 11.3 Å². The fraction of sp³-hybridized carbons (Fsp3) is 0.105. The summed E-state index contributed by atoms with van der Waals surface area (Å²) in [6.45, 7) is 1.86. The molecular weight excluding hydrogens is 350 g/mol. The van der Waals surface area contributed by atoms with E-state index in [1.165, 1.54) is 11.3 Å². The topological polar surface area (TPSA) is 80.3 Å². The standard InChI is InChI=1S/C19H17N3O3S/c1-12-11-26-19(20-12)22-18(24)15-5-3-4-6-16(15)21-17(23)13-7-9-14(25-2)10-8-13/h3-11H,1-2H3,(H,21,23)(H,20,22,24). The second kappa shape index (κ2) is 7.79. The highest BCUT2D eigenvalue weighted by molar-refractivity contribution is 7.13. The summed E-state index contributed by atoms with van der Waals surface area (Å²) in [5.41, 5.74) is 2.10. The molecule has 2 aromatic carbocycles. The van der Waals surface area contributed by atoms with Crippen molar-refractivity contribution in [3.63, 3.8) is 0 Å². The van der Waals surface area contributed by atoms with E-state index < -0.39 is 0 Å². The Morgan fingerprint density at radius 1 is 1.00 bits per heavy atom. The maximum atomic E-state index is 12.5. The van der Waals surface area contributed by atoms with Crippen LogP contribution in [0.3, 0.4) is 0 Å². The van der Waals surface area contributed by atoms with Crippen molar-refractivity contribution < 1.29 is 14.3 Å². The highest BCUT2D eigenvalue weighted by atomic mass is 32.1. The number of methoxy groups -OCH3 is 1. The summed E-state index contributed by atoms with van der Waals surface area (Å²) >= 11 is 1.35. The molecule has 0 fully saturated rings. The third kappa shape index (κ3) is 4.07. The van der Waals surface area contributed by atoms with Crippen LogP contribution in [0.1, 0.15) is 26.4 Å². The molecule has 0 aliphatic heterocycles. The summed E-state index contributed by atoms with van der Waals surface area (Å²) in [5, 5.41) is 7.90. The van der Waals surface area contributed by atoms with Crippen LogP contribution in [0.2, 0.25) is 0 Å². The quantitative estimate of drug-likeness (QED) is 0.715. The van der Waals surface area contributed by atoms with Crippen LogP contribution in [0.15, 0.2) is 53.9 Å². The monoisotopic (exact) mass is 367 g/mol. The lowest BCUT2D eigenvalue weighted by Gasteiger charge is -2.11. The molecule has 1 heterocycles. The SMILES string of the molecule is COc1ccc(C(=O)Nc2ccccc2C(=O)Nc2nc(C)cs2)cc1. The number of carbonyl (C=O) groups is 2. The van der Waals surface area contributed by atoms with Crippen molar-refractivity contribution in [2.75, 3.05) is 17.7 Å². The first-order valence-electron chi connectivity index (χ1n) is 7.85. The molecule has 3 aromatic rings. The number of ether oxygens (including phenoxy) is 1. The first-order valence-corrected chi connectivity index (χ1v) is 8.72. The van der Waals surface area contributed by atoms with Crippen molar-refractivity contribution in [2.45, 2.75) is 6.92 Å². The number of amides is 2. The molecule has 1 aromatic heterocycles. The predicted octanol–water partition coefficient (Wildman–Crippen LogP) is 3.96. The van der Waals surface area contributed by atoms with E-state index in [0.29, 0.717) is 27.7 Å². The third-order valence-electron chi connectivity index (χ3n) is 3.61. The Bertz CT molecular complexity index is 935. The van der Waals surface area contributed by atoms with E-state index in [2.05, 4.69) is 15.6 Å². The molecule has 6 nitrogen and oxygen atoms in total. The second-order valence-electron chi connectivity index (χ2n) is 5.48. The van der Waals surface area contributed by atoms with E-state index >= 15 is 0 Å². The van der Waals surface area contributed by atoms with E-state index in [9.17, 15) is 9.59 Å². The lowest BCUT2D eigenvalue weighted by Crippen LogP contribution is -2.18. The first kappa shape index (κ1) is 17.6. The predicted molar refractivity (Wildman–Crippen MR) is 102 cm³/mol. The van der Waals surface area contributed by atoms with Gasteiger partial charge in [0.1, 0.15) is 5.75 Å². The van der Waals surface area contributed by atoms with Crippen molar-refractivity contribution in [3.05, 3.63) is 70.7 Å². The van der Waals surface area contributed by atoms with Crippen LogP contribution in [0, 0.1) is 6.92 Å². The largest absolute Gasteiger partial charge is 0.497 e. The summed E-state index contributed by atoms with van der Waals surface area (Å²) in [6, 6.07) is 13.6. The lowest BCUT2D eigenvalue weighted by molar-refractivity contribution is 0.102. The first-order chi connectivity index (χ1) is 12.6. The lowest BCUT2D eigenvalue weighted by atomic mass is 10.1. The Balaban J connectivity index is 1.77. The summed E-state index contributed by atoms with van der Waals surface area (Å²) in [7, 11) is 1.56. The Morgan fingerprint density at radius 3 is 2.38 bits per heavy atom. The smallest absolute Gasteiger partial charge is 0.259 e. The zero-order valence-electron chi connectivity index (χ0n) is 14.3. The van der Waals surface area contributed by atoms with Gasteiger partial charge in [-0.1, -0.05) is 12.1 Å². The third-order valence-corrected chi connectivity index (χ3v) is 4.49. The van der Waals surface area contributed by atoms with Crippen LogP contribution in [0.4, 0.5) is 10.8 Å². The van der Waals surface area contributed by atoms with Crippen LogP contribution < -0.4 is 15.4 Å². The van der Waals surface area contributed by atoms with Crippen molar-refractivity contribution in [2.24, 2.45) is 0 Å². The molecule has 0 saturated heterocycles. The maximum Gasteiger partial charge on any atom is 0.259 e. The Morgan fingerprint density at radius 2 is 1.73 bits per heavy atom. The van der Waals surface area contributed by atoms with Crippen molar-refractivity contribution in [1.29, 1.82) is 0 Å². The van der Waals surface area contributed by atoms with Crippen molar-refractivity contribution >= 4 is 34.0 Å². The van der Waals surface area contributed by atoms with E-state index in [-0.39, 0.29) is 11.8 Å². The number of aromatic nitrogens is 1. The summed E-state index contributed by atoms with van der Waals surface area (Å²) in [4.78, 5) is 29.2. The van der Waals surface area contributed by atoms with Gasteiger partial charge in [-0.3, -0.25) is 14.9 Å². The zero-order chi connectivity index (χ0) is 18.5. The van der Waals surface area contributed by atoms with Gasteiger partial charge in [-0.25, -0.2) is 4.98 Å². The van der Waals surface area contributed by atoms with Crippen molar-refractivity contribution in [3.8, 4) is 5.75 Å². The number of para-hydroxylation sites is 1. The van der Waals surface area contributed by atoms with Gasteiger partial charge in [0.2, 0.25) is 0 Å². The molecule has 2 N–H and O–H groups in total. The van der Waals surface area contributed by atoms with Crippen LogP contribution in [-0.4, -0.2) is 23.9 Å². The van der Waals surface area contributed by atoms with Gasteiger partial charge in [0.15, 0.2) is 5.13 Å². The van der Waals surface area contributed by atoms with Crippen LogP contribution in [0.25, 0.3) is 0 Å². The number of aryl methyl sites for hydroxylation is 1. The molecule has 132 valence electrons. The molecule has 0 bridgehead atoms. The van der Waals surface area contributed by atoms with Gasteiger partial charge >= 0.3 is 0 Å². The van der Waals surface area contributed by atoms with Crippen LogP contribution in [0.5, 0.6) is 5.75 Å². The molecule has 26 heavy (non-hydrogen) atoms. The van der Waals surface area contributed by atoms with E-state index in [1.807, 2.05) is 12.3 Å². The van der Waals surface area contributed by atoms with Gasteiger partial charge in [0, 0.05) is 10.9 Å². The van der Waals surface area contributed by atoms with Gasteiger partial charge in [-0.2, -0.15) is 0 Å². The fourth-order valence-electron chi connectivity index (χ4n) is 2.30. The number of anilines is 2. The molecule has 0 unspecified atom stereocenters. The minimum atomic E-state index is -0.329. The number of carbonyl (C=O) groups excluding carboxylic acids is 2.